The Labute approximate surface area is 95.1 Å². The number of aromatic nitrogens is 1. The second kappa shape index (κ2) is 3.03. The van der Waals surface area contributed by atoms with E-state index >= 15 is 0 Å². The van der Waals surface area contributed by atoms with Crippen molar-refractivity contribution in [3.05, 3.63) is 55.5 Å². The maximum Gasteiger partial charge on any atom is 0.168 e. The fourth-order valence-corrected chi connectivity index (χ4v) is 2.42. The van der Waals surface area contributed by atoms with Crippen molar-refractivity contribution in [1.82, 2.24) is 9.47 Å². The Kier molecular flexibility index (Phi) is 1.76. The molecule has 1 aliphatic rings. The number of pyridine rings is 1. The fraction of sp³-hybridized carbons (Fsp3) is 0.0714. The number of nitrogens with zero attached hydrogens (tertiary/aromatic N) is 2. The number of benzene rings is 1. The summed E-state index contributed by atoms with van der Waals surface area (Å²) >= 11 is 0. The Hall–Kier alpha value is -1.93. The van der Waals surface area contributed by atoms with Crippen molar-refractivity contribution in [3.8, 4) is 11.1 Å². The number of hydrogen-bond acceptors (Lipinski definition) is 1. The molecule has 78 valence electrons. The molecule has 16 heavy (non-hydrogen) atoms. The molecule has 0 N–H and O–H groups in total. The molecule has 0 spiro atoms. The normalized spacial score (nSPS) is 21.3. The van der Waals surface area contributed by atoms with E-state index in [0.717, 1.165) is 0 Å². The number of hydrogen-bond donors (Lipinski definition) is 0. The predicted octanol–water partition coefficient (Wildman–Crippen LogP) is 3.47. The van der Waals surface area contributed by atoms with Gasteiger partial charge in [0, 0.05) is 17.8 Å². The van der Waals surface area contributed by atoms with Crippen LogP contribution in [0.4, 0.5) is 11.4 Å². The van der Waals surface area contributed by atoms with Gasteiger partial charge in [0.1, 0.15) is 0 Å². The van der Waals surface area contributed by atoms with E-state index in [4.69, 9.17) is 0 Å². The van der Waals surface area contributed by atoms with Crippen LogP contribution in [0.2, 0.25) is 0 Å². The quantitative estimate of drug-likeness (QED) is 0.655. The van der Waals surface area contributed by atoms with Crippen LogP contribution in [0.15, 0.2) is 55.5 Å². The van der Waals surface area contributed by atoms with Crippen LogP contribution in [0, 0.1) is 0 Å². The van der Waals surface area contributed by atoms with Gasteiger partial charge >= 0.3 is 0 Å². The van der Waals surface area contributed by atoms with Gasteiger partial charge in [-0.25, -0.2) is 4.48 Å². The summed E-state index contributed by atoms with van der Waals surface area (Å²) in [5.41, 5.74) is 4.99. The average molecular weight is 209 g/mol. The Morgan fingerprint density at radius 2 is 1.88 bits per heavy atom. The lowest BCUT2D eigenvalue weighted by molar-refractivity contribution is 0.626. The molecule has 1 aromatic heterocycles. The van der Waals surface area contributed by atoms with Gasteiger partial charge in [0.25, 0.3) is 0 Å². The minimum Gasteiger partial charge on any atom is -0.258 e. The van der Waals surface area contributed by atoms with Crippen molar-refractivity contribution in [2.45, 2.75) is 0 Å². The number of quaternary nitrogens is 1. The fourth-order valence-electron chi connectivity index (χ4n) is 2.42. The monoisotopic (exact) mass is 209 g/mol. The van der Waals surface area contributed by atoms with Crippen LogP contribution in [0.25, 0.3) is 11.1 Å². The van der Waals surface area contributed by atoms with Crippen molar-refractivity contribution in [3.63, 3.8) is 0 Å². The third-order valence-electron chi connectivity index (χ3n) is 3.36. The molecule has 1 atom stereocenters. The van der Waals surface area contributed by atoms with Crippen molar-refractivity contribution in [2.24, 2.45) is 0 Å². The summed E-state index contributed by atoms with van der Waals surface area (Å²) < 4.78 is 0.624. The SMILES string of the molecule is C=C[N+]1(C)c2ccccc2-c2ccncc21. The third-order valence-corrected chi connectivity index (χ3v) is 3.36. The molecule has 0 radical (unpaired) electrons. The first kappa shape index (κ1) is 9.31. The third kappa shape index (κ3) is 0.969. The van der Waals surface area contributed by atoms with Crippen molar-refractivity contribution >= 4 is 11.4 Å². The van der Waals surface area contributed by atoms with Gasteiger partial charge < -0.3 is 0 Å². The van der Waals surface area contributed by atoms with Gasteiger partial charge in [-0.3, -0.25) is 4.98 Å². The average Bonchev–Trinajstić information content (AvgIpc) is 2.62. The van der Waals surface area contributed by atoms with E-state index in [-0.39, 0.29) is 0 Å². The molecule has 3 rings (SSSR count). The molecular formula is C14H13N2+. The van der Waals surface area contributed by atoms with Crippen LogP contribution >= 0.6 is 0 Å². The maximum atomic E-state index is 4.22. The first-order valence-electron chi connectivity index (χ1n) is 5.32. The van der Waals surface area contributed by atoms with Crippen LogP contribution in [0.5, 0.6) is 0 Å². The minimum absolute atomic E-state index is 0.624. The lowest BCUT2D eigenvalue weighted by Gasteiger charge is -2.24. The molecule has 1 aliphatic heterocycles. The standard InChI is InChI=1S/C14H13N2/c1-3-16(2)13-7-5-4-6-11(13)12-8-9-15-10-14(12)16/h3-10H,1H2,2H3/q+1. The Morgan fingerprint density at radius 1 is 1.12 bits per heavy atom. The minimum atomic E-state index is 0.624. The summed E-state index contributed by atoms with van der Waals surface area (Å²) in [6, 6.07) is 10.5. The zero-order valence-electron chi connectivity index (χ0n) is 9.22. The molecule has 0 aliphatic carbocycles. The molecule has 0 bridgehead atoms. The van der Waals surface area contributed by atoms with E-state index in [1.165, 1.54) is 22.5 Å². The molecule has 0 amide bonds. The van der Waals surface area contributed by atoms with E-state index in [0.29, 0.717) is 4.48 Å². The molecule has 0 fully saturated rings. The van der Waals surface area contributed by atoms with Crippen LogP contribution < -0.4 is 4.48 Å². The van der Waals surface area contributed by atoms with Crippen LogP contribution in [0.1, 0.15) is 0 Å². The molecule has 2 nitrogen and oxygen atoms in total. The van der Waals surface area contributed by atoms with E-state index < -0.39 is 0 Å². The maximum absolute atomic E-state index is 4.22. The highest BCUT2D eigenvalue weighted by molar-refractivity contribution is 5.94. The molecule has 2 heterocycles. The van der Waals surface area contributed by atoms with Gasteiger partial charge in [-0.05, 0) is 18.7 Å². The van der Waals surface area contributed by atoms with Crippen LogP contribution in [0.3, 0.4) is 0 Å². The second-order valence-corrected chi connectivity index (χ2v) is 4.17. The Morgan fingerprint density at radius 3 is 2.69 bits per heavy atom. The van der Waals surface area contributed by atoms with Crippen molar-refractivity contribution < 1.29 is 0 Å². The van der Waals surface area contributed by atoms with Gasteiger partial charge in [-0.2, -0.15) is 0 Å². The molecule has 1 unspecified atom stereocenters. The van der Waals surface area contributed by atoms with E-state index in [1.54, 1.807) is 0 Å². The van der Waals surface area contributed by atoms with Gasteiger partial charge in [0.05, 0.1) is 25.0 Å². The van der Waals surface area contributed by atoms with Crippen LogP contribution in [-0.4, -0.2) is 12.0 Å². The van der Waals surface area contributed by atoms with E-state index in [2.05, 4.69) is 48.9 Å². The number of rotatable bonds is 1. The molecule has 2 heteroatoms. The molecule has 0 saturated carbocycles. The summed E-state index contributed by atoms with van der Waals surface area (Å²) in [5.74, 6) is 0. The highest BCUT2D eigenvalue weighted by Crippen LogP contribution is 2.51. The van der Waals surface area contributed by atoms with Crippen molar-refractivity contribution in [1.29, 1.82) is 0 Å². The van der Waals surface area contributed by atoms with Gasteiger partial charge in [-0.15, -0.1) is 0 Å². The highest BCUT2D eigenvalue weighted by Gasteiger charge is 2.38. The summed E-state index contributed by atoms with van der Waals surface area (Å²) in [6.45, 7) is 3.96. The zero-order valence-corrected chi connectivity index (χ0v) is 9.22. The smallest absolute Gasteiger partial charge is 0.168 e. The second-order valence-electron chi connectivity index (χ2n) is 4.17. The first-order chi connectivity index (χ1) is 7.77. The predicted molar refractivity (Wildman–Crippen MR) is 67.2 cm³/mol. The van der Waals surface area contributed by atoms with Gasteiger partial charge in [0.2, 0.25) is 0 Å². The Balaban J connectivity index is 2.43. The summed E-state index contributed by atoms with van der Waals surface area (Å²) in [5, 5.41) is 0. The van der Waals surface area contributed by atoms with Crippen molar-refractivity contribution in [2.75, 3.05) is 7.05 Å². The Bertz CT molecular complexity index is 527. The van der Waals surface area contributed by atoms with E-state index in [1.807, 2.05) is 18.6 Å². The van der Waals surface area contributed by atoms with Gasteiger partial charge in [-0.1, -0.05) is 12.1 Å². The molecule has 2 aromatic rings. The molecule has 0 saturated heterocycles. The summed E-state index contributed by atoms with van der Waals surface area (Å²) in [6.07, 6.45) is 5.72. The number of fused-ring (bicyclic) bond motifs is 3. The van der Waals surface area contributed by atoms with Crippen LogP contribution in [-0.2, 0) is 0 Å². The largest absolute Gasteiger partial charge is 0.258 e. The topological polar surface area (TPSA) is 12.9 Å². The summed E-state index contributed by atoms with van der Waals surface area (Å²) in [7, 11) is 2.14. The molecular weight excluding hydrogens is 196 g/mol. The summed E-state index contributed by atoms with van der Waals surface area (Å²) in [4.78, 5) is 4.22. The lowest BCUT2D eigenvalue weighted by atomic mass is 10.1. The van der Waals surface area contributed by atoms with Gasteiger partial charge in [0.15, 0.2) is 11.4 Å². The lowest BCUT2D eigenvalue weighted by Crippen LogP contribution is -2.30. The number of para-hydroxylation sites is 1. The highest BCUT2D eigenvalue weighted by atomic mass is 15.3. The zero-order chi connectivity index (χ0) is 11.2. The first-order valence-corrected chi connectivity index (χ1v) is 5.32. The van der Waals surface area contributed by atoms with E-state index in [9.17, 15) is 0 Å². The molecule has 1 aromatic carbocycles.